The fourth-order valence-corrected chi connectivity index (χ4v) is 6.67. The Morgan fingerprint density at radius 2 is 0.740 bits per heavy atom. The lowest BCUT2D eigenvalue weighted by Crippen LogP contribution is -2.28. The van der Waals surface area contributed by atoms with Crippen molar-refractivity contribution >= 4 is 11.9 Å². The van der Waals surface area contributed by atoms with Crippen molar-refractivity contribution in [2.45, 2.75) is 251 Å². The predicted octanol–water partition coefficient (Wildman–Crippen LogP) is 14.1. The first-order chi connectivity index (χ1) is 24.6. The van der Waals surface area contributed by atoms with Crippen molar-refractivity contribution in [3.8, 4) is 0 Å². The number of ether oxygens (including phenoxy) is 2. The average molecular weight is 707 g/mol. The van der Waals surface area contributed by atoms with E-state index in [1.165, 1.54) is 186 Å². The first kappa shape index (κ1) is 48.6. The van der Waals surface area contributed by atoms with Gasteiger partial charge in [0.25, 0.3) is 0 Å². The van der Waals surface area contributed by atoms with E-state index in [9.17, 15) is 14.7 Å². The number of unbranched alkanes of at least 4 members (excludes halogenated alkanes) is 31. The molecular weight excluding hydrogens is 620 g/mol. The highest BCUT2D eigenvalue weighted by atomic mass is 16.6. The number of allylic oxidation sites excluding steroid dienone is 2. The number of hydrogen-bond donors (Lipinski definition) is 1. The van der Waals surface area contributed by atoms with E-state index in [-0.39, 0.29) is 25.2 Å². The van der Waals surface area contributed by atoms with Crippen LogP contribution in [-0.2, 0) is 19.1 Å². The molecule has 1 N–H and O–H groups in total. The summed E-state index contributed by atoms with van der Waals surface area (Å²) in [5, 5.41) is 9.58. The number of carbonyl (C=O) groups excluding carboxylic acids is 2. The second kappa shape index (κ2) is 42.1. The SMILES string of the molecule is CCCCCCCCC=CCCCCCCCCCCCC(=O)OC(CO)COC(=O)CCCCCCCCCCCCCCCCCCC. The summed E-state index contributed by atoms with van der Waals surface area (Å²) in [5.41, 5.74) is 0. The minimum absolute atomic E-state index is 0.0600. The van der Waals surface area contributed by atoms with Gasteiger partial charge in [0.2, 0.25) is 0 Å². The largest absolute Gasteiger partial charge is 0.462 e. The minimum Gasteiger partial charge on any atom is -0.462 e. The van der Waals surface area contributed by atoms with Crippen LogP contribution in [0.3, 0.4) is 0 Å². The van der Waals surface area contributed by atoms with E-state index in [0.717, 1.165) is 32.1 Å². The molecule has 0 heterocycles. The summed E-state index contributed by atoms with van der Waals surface area (Å²) in [4.78, 5) is 24.3. The Hall–Kier alpha value is -1.36. The molecule has 5 nitrogen and oxygen atoms in total. The first-order valence-corrected chi connectivity index (χ1v) is 22.2. The van der Waals surface area contributed by atoms with E-state index in [1.807, 2.05) is 0 Å². The zero-order valence-corrected chi connectivity index (χ0v) is 33.7. The van der Waals surface area contributed by atoms with E-state index < -0.39 is 6.10 Å². The summed E-state index contributed by atoms with van der Waals surface area (Å²) >= 11 is 0. The molecule has 0 aliphatic carbocycles. The molecule has 0 aromatic heterocycles. The topological polar surface area (TPSA) is 72.8 Å². The van der Waals surface area contributed by atoms with E-state index in [1.54, 1.807) is 0 Å². The van der Waals surface area contributed by atoms with Crippen molar-refractivity contribution in [1.29, 1.82) is 0 Å². The van der Waals surface area contributed by atoms with Crippen LogP contribution in [0.2, 0.25) is 0 Å². The van der Waals surface area contributed by atoms with Crippen molar-refractivity contribution in [1.82, 2.24) is 0 Å². The molecule has 0 rings (SSSR count). The Labute approximate surface area is 311 Å². The summed E-state index contributed by atoms with van der Waals surface area (Å²) in [6.45, 7) is 4.16. The summed E-state index contributed by atoms with van der Waals surface area (Å²) in [6.07, 6.45) is 48.5. The van der Waals surface area contributed by atoms with Crippen LogP contribution in [0.5, 0.6) is 0 Å². The summed E-state index contributed by atoms with van der Waals surface area (Å²) in [7, 11) is 0. The van der Waals surface area contributed by atoms with Gasteiger partial charge < -0.3 is 14.6 Å². The van der Waals surface area contributed by atoms with Crippen molar-refractivity contribution < 1.29 is 24.2 Å². The number of aliphatic hydroxyl groups excluding tert-OH is 1. The van der Waals surface area contributed by atoms with E-state index in [0.29, 0.717) is 12.8 Å². The van der Waals surface area contributed by atoms with E-state index in [4.69, 9.17) is 9.47 Å². The third kappa shape index (κ3) is 39.4. The lowest BCUT2D eigenvalue weighted by Gasteiger charge is -2.15. The Kier molecular flexibility index (Phi) is 40.9. The molecule has 0 bridgehead atoms. The second-order valence-corrected chi connectivity index (χ2v) is 15.1. The average Bonchev–Trinajstić information content (AvgIpc) is 3.12. The van der Waals surface area contributed by atoms with Crippen LogP contribution < -0.4 is 0 Å². The van der Waals surface area contributed by atoms with Gasteiger partial charge >= 0.3 is 11.9 Å². The van der Waals surface area contributed by atoms with Gasteiger partial charge in [-0.15, -0.1) is 0 Å². The number of hydrogen-bond acceptors (Lipinski definition) is 5. The highest BCUT2D eigenvalue weighted by Crippen LogP contribution is 2.16. The summed E-state index contributed by atoms with van der Waals surface area (Å²) < 4.78 is 10.6. The maximum Gasteiger partial charge on any atom is 0.306 e. The predicted molar refractivity (Wildman–Crippen MR) is 215 cm³/mol. The molecule has 0 radical (unpaired) electrons. The first-order valence-electron chi connectivity index (χ1n) is 22.2. The molecule has 0 amide bonds. The van der Waals surface area contributed by atoms with E-state index >= 15 is 0 Å². The Bertz CT molecular complexity index is 720. The number of aliphatic hydroxyl groups is 1. The summed E-state index contributed by atoms with van der Waals surface area (Å²) in [6, 6.07) is 0. The quantitative estimate of drug-likeness (QED) is 0.0389. The van der Waals surface area contributed by atoms with Crippen LogP contribution in [0.15, 0.2) is 12.2 Å². The normalized spacial score (nSPS) is 12.1. The highest BCUT2D eigenvalue weighted by molar-refractivity contribution is 5.70. The fraction of sp³-hybridized carbons (Fsp3) is 0.911. The number of carbonyl (C=O) groups is 2. The number of rotatable bonds is 41. The maximum atomic E-state index is 12.2. The lowest BCUT2D eigenvalue weighted by atomic mass is 10.0. The van der Waals surface area contributed by atoms with Gasteiger partial charge in [0.1, 0.15) is 6.61 Å². The molecule has 0 fully saturated rings. The molecular formula is C45H86O5. The van der Waals surface area contributed by atoms with Crippen molar-refractivity contribution in [3.63, 3.8) is 0 Å². The van der Waals surface area contributed by atoms with Crippen molar-refractivity contribution in [3.05, 3.63) is 12.2 Å². The highest BCUT2D eigenvalue weighted by Gasteiger charge is 2.16. The zero-order valence-electron chi connectivity index (χ0n) is 33.7. The van der Waals surface area contributed by atoms with Crippen LogP contribution in [0.25, 0.3) is 0 Å². The molecule has 0 aliphatic heterocycles. The van der Waals surface area contributed by atoms with Gasteiger partial charge in [-0.2, -0.15) is 0 Å². The van der Waals surface area contributed by atoms with Gasteiger partial charge in [0.05, 0.1) is 6.61 Å². The van der Waals surface area contributed by atoms with Gasteiger partial charge in [-0.05, 0) is 38.5 Å². The maximum absolute atomic E-state index is 12.2. The summed E-state index contributed by atoms with van der Waals surface area (Å²) in [5.74, 6) is -0.578. The molecule has 0 aromatic carbocycles. The van der Waals surface area contributed by atoms with Gasteiger partial charge in [-0.25, -0.2) is 0 Å². The van der Waals surface area contributed by atoms with Gasteiger partial charge in [-0.1, -0.05) is 206 Å². The molecule has 5 heteroatoms. The smallest absolute Gasteiger partial charge is 0.306 e. The van der Waals surface area contributed by atoms with Crippen molar-refractivity contribution in [2.75, 3.05) is 13.2 Å². The molecule has 0 aliphatic rings. The monoisotopic (exact) mass is 707 g/mol. The second-order valence-electron chi connectivity index (χ2n) is 15.1. The van der Waals surface area contributed by atoms with Gasteiger partial charge in [-0.3, -0.25) is 9.59 Å². The minimum atomic E-state index is -0.766. The Balaban J connectivity index is 3.48. The zero-order chi connectivity index (χ0) is 36.4. The third-order valence-corrected chi connectivity index (χ3v) is 10.1. The molecule has 0 saturated heterocycles. The molecule has 0 aromatic rings. The lowest BCUT2D eigenvalue weighted by molar-refractivity contribution is -0.161. The molecule has 1 atom stereocenters. The van der Waals surface area contributed by atoms with Crippen LogP contribution in [0.4, 0.5) is 0 Å². The number of esters is 2. The molecule has 0 spiro atoms. The third-order valence-electron chi connectivity index (χ3n) is 10.1. The van der Waals surface area contributed by atoms with E-state index in [2.05, 4.69) is 26.0 Å². The van der Waals surface area contributed by atoms with Crippen LogP contribution in [0, 0.1) is 0 Å². The Morgan fingerprint density at radius 1 is 0.440 bits per heavy atom. The van der Waals surface area contributed by atoms with Gasteiger partial charge in [0, 0.05) is 12.8 Å². The standard InChI is InChI=1S/C45H86O5/c1-3-5-7-9-11-13-15-17-19-21-22-24-26-28-30-32-34-36-38-40-45(48)50-43(41-46)42-49-44(47)39-37-35-33-31-29-27-25-23-20-18-16-14-12-10-8-6-4-2/h17,19,43,46H,3-16,18,20-42H2,1-2H3. The van der Waals surface area contributed by atoms with Crippen molar-refractivity contribution in [2.24, 2.45) is 0 Å². The molecule has 296 valence electrons. The molecule has 1 unspecified atom stereocenters. The van der Waals surface area contributed by atoms with Crippen LogP contribution >= 0.6 is 0 Å². The molecule has 0 saturated carbocycles. The van der Waals surface area contributed by atoms with Crippen LogP contribution in [0.1, 0.15) is 245 Å². The Morgan fingerprint density at radius 3 is 1.08 bits per heavy atom. The fourth-order valence-electron chi connectivity index (χ4n) is 6.67. The van der Waals surface area contributed by atoms with Gasteiger partial charge in [0.15, 0.2) is 6.10 Å². The molecule has 50 heavy (non-hydrogen) atoms. The van der Waals surface area contributed by atoms with Crippen LogP contribution in [-0.4, -0.2) is 36.4 Å².